The number of hydrogen-bond acceptors (Lipinski definition) is 3. The molecule has 1 heterocycles. The molecule has 0 saturated carbocycles. The van der Waals surface area contributed by atoms with Gasteiger partial charge >= 0.3 is 6.03 Å². The summed E-state index contributed by atoms with van der Waals surface area (Å²) >= 11 is 0. The number of carbonyl (C=O) groups is 1. The quantitative estimate of drug-likeness (QED) is 0.826. The zero-order valence-corrected chi connectivity index (χ0v) is 15.5. The predicted octanol–water partition coefficient (Wildman–Crippen LogP) is 3.96. The smallest absolute Gasteiger partial charge is 0.319 e. The maximum atomic E-state index is 12.4. The van der Waals surface area contributed by atoms with Gasteiger partial charge in [0.05, 0.1) is 13.2 Å². The number of methoxy groups -OCH3 is 1. The van der Waals surface area contributed by atoms with Gasteiger partial charge in [0.2, 0.25) is 0 Å². The van der Waals surface area contributed by atoms with Crippen LogP contribution >= 0.6 is 0 Å². The highest BCUT2D eigenvalue weighted by molar-refractivity contribution is 5.89. The summed E-state index contributed by atoms with van der Waals surface area (Å²) in [5, 5.41) is 5.94. The lowest BCUT2D eigenvalue weighted by atomic mass is 10.0. The largest absolute Gasteiger partial charge is 0.496 e. The molecular weight excluding hydrogens is 326 g/mol. The van der Waals surface area contributed by atoms with E-state index in [2.05, 4.69) is 21.6 Å². The number of likely N-dealkylation sites (tertiary alicyclic amines) is 1. The van der Waals surface area contributed by atoms with E-state index >= 15 is 0 Å². The molecule has 0 bridgehead atoms. The maximum Gasteiger partial charge on any atom is 0.319 e. The van der Waals surface area contributed by atoms with Crippen LogP contribution in [0.15, 0.2) is 48.5 Å². The zero-order valence-electron chi connectivity index (χ0n) is 15.5. The summed E-state index contributed by atoms with van der Waals surface area (Å²) in [7, 11) is 1.69. The van der Waals surface area contributed by atoms with E-state index in [1.807, 2.05) is 49.4 Å². The molecule has 1 atom stereocenters. The normalized spacial score (nSPS) is 15.5. The Morgan fingerprint density at radius 2 is 1.92 bits per heavy atom. The van der Waals surface area contributed by atoms with Gasteiger partial charge in [-0.25, -0.2) is 4.79 Å². The number of hydrogen-bond donors (Lipinski definition) is 2. The molecule has 1 aliphatic rings. The number of ether oxygens (including phenoxy) is 1. The SMILES string of the molecule is COc1ccccc1[C@@H](CNC(=O)Nc1cccc(C)c1)N1CCCC1. The third-order valence-electron chi connectivity index (χ3n) is 4.81. The monoisotopic (exact) mass is 353 g/mol. The van der Waals surface area contributed by atoms with Crippen LogP contribution in [-0.4, -0.2) is 37.7 Å². The molecule has 2 aromatic rings. The summed E-state index contributed by atoms with van der Waals surface area (Å²) in [6.45, 7) is 4.64. The molecular formula is C21H27N3O2. The number of amides is 2. The molecule has 26 heavy (non-hydrogen) atoms. The number of nitrogens with zero attached hydrogens (tertiary/aromatic N) is 1. The molecule has 2 N–H and O–H groups in total. The zero-order chi connectivity index (χ0) is 18.4. The van der Waals surface area contributed by atoms with Gasteiger partial charge in [0.25, 0.3) is 0 Å². The van der Waals surface area contributed by atoms with Crippen molar-refractivity contribution >= 4 is 11.7 Å². The first kappa shape index (κ1) is 18.3. The van der Waals surface area contributed by atoms with Crippen molar-refractivity contribution < 1.29 is 9.53 Å². The number of aryl methyl sites for hydroxylation is 1. The summed E-state index contributed by atoms with van der Waals surface area (Å²) < 4.78 is 5.55. The first-order chi connectivity index (χ1) is 12.7. The Morgan fingerprint density at radius 1 is 1.15 bits per heavy atom. The first-order valence-electron chi connectivity index (χ1n) is 9.16. The van der Waals surface area contributed by atoms with Crippen LogP contribution in [0.3, 0.4) is 0 Å². The van der Waals surface area contributed by atoms with Gasteiger partial charge in [-0.2, -0.15) is 0 Å². The summed E-state index contributed by atoms with van der Waals surface area (Å²) in [6.07, 6.45) is 2.39. The van der Waals surface area contributed by atoms with Crippen molar-refractivity contribution in [2.45, 2.75) is 25.8 Å². The average Bonchev–Trinajstić information content (AvgIpc) is 3.17. The van der Waals surface area contributed by atoms with Crippen molar-refractivity contribution in [1.82, 2.24) is 10.2 Å². The van der Waals surface area contributed by atoms with E-state index in [1.165, 1.54) is 12.8 Å². The lowest BCUT2D eigenvalue weighted by Gasteiger charge is -2.29. The summed E-state index contributed by atoms with van der Waals surface area (Å²) in [4.78, 5) is 14.8. The number of rotatable bonds is 6. The molecule has 5 nitrogen and oxygen atoms in total. The third kappa shape index (κ3) is 4.55. The van der Waals surface area contributed by atoms with Gasteiger partial charge < -0.3 is 15.4 Å². The second-order valence-electron chi connectivity index (χ2n) is 6.71. The van der Waals surface area contributed by atoms with Crippen LogP contribution in [0.5, 0.6) is 5.75 Å². The summed E-state index contributed by atoms with van der Waals surface area (Å²) in [6, 6.07) is 15.8. The second-order valence-corrected chi connectivity index (χ2v) is 6.71. The molecule has 2 amide bonds. The van der Waals surface area contributed by atoms with Crippen molar-refractivity contribution in [2.24, 2.45) is 0 Å². The Labute approximate surface area is 155 Å². The highest BCUT2D eigenvalue weighted by Gasteiger charge is 2.26. The molecule has 0 aromatic heterocycles. The molecule has 0 radical (unpaired) electrons. The van der Waals surface area contributed by atoms with Crippen LogP contribution in [0.2, 0.25) is 0 Å². The van der Waals surface area contributed by atoms with E-state index in [0.717, 1.165) is 35.7 Å². The number of para-hydroxylation sites is 1. The van der Waals surface area contributed by atoms with E-state index in [4.69, 9.17) is 4.74 Å². The van der Waals surface area contributed by atoms with Gasteiger partial charge in [-0.1, -0.05) is 30.3 Å². The number of nitrogens with one attached hydrogen (secondary N) is 2. The Bertz CT molecular complexity index is 742. The molecule has 0 aliphatic carbocycles. The first-order valence-corrected chi connectivity index (χ1v) is 9.16. The van der Waals surface area contributed by atoms with E-state index in [0.29, 0.717) is 6.54 Å². The molecule has 1 fully saturated rings. The molecule has 5 heteroatoms. The van der Waals surface area contributed by atoms with E-state index < -0.39 is 0 Å². The minimum absolute atomic E-state index is 0.108. The Hall–Kier alpha value is -2.53. The molecule has 2 aromatic carbocycles. The van der Waals surface area contributed by atoms with E-state index in [1.54, 1.807) is 7.11 Å². The number of benzene rings is 2. The fourth-order valence-corrected chi connectivity index (χ4v) is 3.52. The minimum Gasteiger partial charge on any atom is -0.496 e. The van der Waals surface area contributed by atoms with Crippen molar-refractivity contribution in [1.29, 1.82) is 0 Å². The van der Waals surface area contributed by atoms with Crippen LogP contribution in [0.25, 0.3) is 0 Å². The Kier molecular flexibility index (Phi) is 6.12. The maximum absolute atomic E-state index is 12.4. The summed E-state index contributed by atoms with van der Waals surface area (Å²) in [5.41, 5.74) is 3.04. The fourth-order valence-electron chi connectivity index (χ4n) is 3.52. The van der Waals surface area contributed by atoms with Crippen molar-refractivity contribution in [2.75, 3.05) is 32.1 Å². The molecule has 138 valence electrons. The van der Waals surface area contributed by atoms with Gasteiger partial charge in [-0.15, -0.1) is 0 Å². The second kappa shape index (κ2) is 8.72. The van der Waals surface area contributed by atoms with Crippen molar-refractivity contribution in [3.63, 3.8) is 0 Å². The van der Waals surface area contributed by atoms with Crippen molar-refractivity contribution in [3.05, 3.63) is 59.7 Å². The van der Waals surface area contributed by atoms with E-state index in [9.17, 15) is 4.79 Å². The van der Waals surface area contributed by atoms with Crippen LogP contribution in [0.4, 0.5) is 10.5 Å². The van der Waals surface area contributed by atoms with Crippen molar-refractivity contribution in [3.8, 4) is 5.75 Å². The lowest BCUT2D eigenvalue weighted by molar-refractivity contribution is 0.224. The fraction of sp³-hybridized carbons (Fsp3) is 0.381. The van der Waals surface area contributed by atoms with Crippen LogP contribution in [0.1, 0.15) is 30.0 Å². The molecule has 0 unspecified atom stereocenters. The highest BCUT2D eigenvalue weighted by atomic mass is 16.5. The number of urea groups is 1. The number of anilines is 1. The molecule has 1 saturated heterocycles. The average molecular weight is 353 g/mol. The standard InChI is InChI=1S/C21H27N3O2/c1-16-8-7-9-17(14-16)23-21(25)22-15-19(24-12-5-6-13-24)18-10-3-4-11-20(18)26-2/h3-4,7-11,14,19H,5-6,12-13,15H2,1-2H3,(H2,22,23,25)/t19-/m1/s1. The lowest BCUT2D eigenvalue weighted by Crippen LogP contribution is -2.38. The van der Waals surface area contributed by atoms with Crippen LogP contribution in [0, 0.1) is 6.92 Å². The Balaban J connectivity index is 1.69. The topological polar surface area (TPSA) is 53.6 Å². The van der Waals surface area contributed by atoms with Gasteiger partial charge in [-0.3, -0.25) is 4.90 Å². The van der Waals surface area contributed by atoms with Gasteiger partial charge in [0.1, 0.15) is 5.75 Å². The van der Waals surface area contributed by atoms with E-state index in [-0.39, 0.29) is 12.1 Å². The number of carbonyl (C=O) groups excluding carboxylic acids is 1. The van der Waals surface area contributed by atoms with Gasteiger partial charge in [-0.05, 0) is 56.6 Å². The molecule has 1 aliphatic heterocycles. The van der Waals surface area contributed by atoms with Gasteiger partial charge in [0, 0.05) is 17.8 Å². The van der Waals surface area contributed by atoms with Gasteiger partial charge in [0.15, 0.2) is 0 Å². The minimum atomic E-state index is -0.185. The molecule has 0 spiro atoms. The highest BCUT2D eigenvalue weighted by Crippen LogP contribution is 2.31. The van der Waals surface area contributed by atoms with Crippen LogP contribution < -0.4 is 15.4 Å². The third-order valence-corrected chi connectivity index (χ3v) is 4.81. The Morgan fingerprint density at radius 3 is 2.65 bits per heavy atom. The van der Waals surface area contributed by atoms with Crippen LogP contribution in [-0.2, 0) is 0 Å². The molecule has 3 rings (SSSR count). The predicted molar refractivity (Wildman–Crippen MR) is 105 cm³/mol. The summed E-state index contributed by atoms with van der Waals surface area (Å²) in [5.74, 6) is 0.866.